The fourth-order valence-corrected chi connectivity index (χ4v) is 2.00. The molecule has 0 spiro atoms. The lowest BCUT2D eigenvalue weighted by Gasteiger charge is -2.14. The zero-order valence-electron chi connectivity index (χ0n) is 10.2. The number of hydrogen-bond donors (Lipinski definition) is 2. The summed E-state index contributed by atoms with van der Waals surface area (Å²) in [6.45, 7) is 5.32. The van der Waals surface area contributed by atoms with Crippen molar-refractivity contribution in [1.29, 1.82) is 0 Å². The molecule has 0 aliphatic rings. The van der Waals surface area contributed by atoms with E-state index < -0.39 is 17.9 Å². The molecular weight excluding hydrogens is 289 g/mol. The van der Waals surface area contributed by atoms with Gasteiger partial charge in [-0.15, -0.1) is 6.58 Å². The molecule has 0 radical (unpaired) electrons. The Balaban J connectivity index is 2.87. The third-order valence-corrected chi connectivity index (χ3v) is 2.72. The number of carboxylic acids is 1. The molecule has 1 aromatic rings. The molecule has 1 amide bonds. The van der Waals surface area contributed by atoms with Crippen molar-refractivity contribution in [3.8, 4) is 0 Å². The molecule has 0 fully saturated rings. The molecule has 1 rings (SSSR count). The van der Waals surface area contributed by atoms with Crippen LogP contribution in [0, 0.1) is 0 Å². The SMILES string of the molecule is C=C(C)CC(NC(=O)c1cc(Cl)cc(Cl)c1)C(=O)O. The van der Waals surface area contributed by atoms with Crippen LogP contribution in [0.15, 0.2) is 30.4 Å². The third-order valence-electron chi connectivity index (χ3n) is 2.28. The smallest absolute Gasteiger partial charge is 0.326 e. The number of carboxylic acid groups (broad SMARTS) is 1. The fourth-order valence-electron chi connectivity index (χ4n) is 1.48. The average Bonchev–Trinajstić information content (AvgIpc) is 2.25. The number of benzene rings is 1. The molecule has 1 aromatic carbocycles. The van der Waals surface area contributed by atoms with Gasteiger partial charge in [-0.25, -0.2) is 4.79 Å². The molecule has 0 saturated carbocycles. The van der Waals surface area contributed by atoms with E-state index in [9.17, 15) is 9.59 Å². The van der Waals surface area contributed by atoms with Crippen molar-refractivity contribution in [2.24, 2.45) is 0 Å². The number of carbonyl (C=O) groups is 2. The van der Waals surface area contributed by atoms with Gasteiger partial charge in [-0.3, -0.25) is 4.79 Å². The van der Waals surface area contributed by atoms with Crippen molar-refractivity contribution in [2.75, 3.05) is 0 Å². The number of halogens is 2. The normalized spacial score (nSPS) is 11.7. The van der Waals surface area contributed by atoms with E-state index in [0.29, 0.717) is 15.6 Å². The van der Waals surface area contributed by atoms with Crippen molar-refractivity contribution in [1.82, 2.24) is 5.32 Å². The Kier molecular flexibility index (Phi) is 5.39. The Morgan fingerprint density at radius 2 is 1.84 bits per heavy atom. The summed E-state index contributed by atoms with van der Waals surface area (Å²) in [7, 11) is 0. The molecule has 2 N–H and O–H groups in total. The number of amides is 1. The summed E-state index contributed by atoms with van der Waals surface area (Å²) in [6, 6.07) is 3.30. The van der Waals surface area contributed by atoms with Crippen LogP contribution in [0.3, 0.4) is 0 Å². The fraction of sp³-hybridized carbons (Fsp3) is 0.231. The van der Waals surface area contributed by atoms with Crippen LogP contribution in [-0.4, -0.2) is 23.0 Å². The van der Waals surface area contributed by atoms with Crippen LogP contribution in [0.25, 0.3) is 0 Å². The molecular formula is C13H13Cl2NO3. The Labute approximate surface area is 121 Å². The van der Waals surface area contributed by atoms with Crippen molar-refractivity contribution in [3.05, 3.63) is 46.0 Å². The summed E-state index contributed by atoms with van der Waals surface area (Å²) in [5.74, 6) is -1.66. The first-order valence-electron chi connectivity index (χ1n) is 5.43. The lowest BCUT2D eigenvalue weighted by Crippen LogP contribution is -2.40. The second-order valence-electron chi connectivity index (χ2n) is 4.18. The number of aliphatic carboxylic acids is 1. The van der Waals surface area contributed by atoms with Crippen LogP contribution in [0.1, 0.15) is 23.7 Å². The van der Waals surface area contributed by atoms with E-state index in [1.54, 1.807) is 6.92 Å². The summed E-state index contributed by atoms with van der Waals surface area (Å²) in [5, 5.41) is 12.0. The summed E-state index contributed by atoms with van der Waals surface area (Å²) in [5.41, 5.74) is 0.877. The van der Waals surface area contributed by atoms with Gasteiger partial charge in [-0.2, -0.15) is 0 Å². The van der Waals surface area contributed by atoms with Crippen molar-refractivity contribution < 1.29 is 14.7 Å². The van der Waals surface area contributed by atoms with Crippen LogP contribution < -0.4 is 5.32 Å². The summed E-state index contributed by atoms with van der Waals surface area (Å²) in [4.78, 5) is 23.0. The van der Waals surface area contributed by atoms with Gasteiger partial charge in [0.2, 0.25) is 0 Å². The van der Waals surface area contributed by atoms with Crippen molar-refractivity contribution in [2.45, 2.75) is 19.4 Å². The van der Waals surface area contributed by atoms with E-state index in [0.717, 1.165) is 0 Å². The third kappa shape index (κ3) is 4.93. The van der Waals surface area contributed by atoms with Crippen molar-refractivity contribution in [3.63, 3.8) is 0 Å². The Morgan fingerprint density at radius 3 is 2.26 bits per heavy atom. The predicted molar refractivity (Wildman–Crippen MR) is 74.8 cm³/mol. The number of rotatable bonds is 5. The molecule has 1 unspecified atom stereocenters. The Bertz CT molecular complexity index is 508. The van der Waals surface area contributed by atoms with Gasteiger partial charge in [0, 0.05) is 15.6 Å². The van der Waals surface area contributed by atoms with Gasteiger partial charge in [0.1, 0.15) is 6.04 Å². The minimum absolute atomic E-state index is 0.162. The second kappa shape index (κ2) is 6.59. The number of nitrogens with one attached hydrogen (secondary N) is 1. The van der Waals surface area contributed by atoms with Gasteiger partial charge in [0.25, 0.3) is 5.91 Å². The van der Waals surface area contributed by atoms with E-state index in [1.165, 1.54) is 18.2 Å². The first kappa shape index (κ1) is 15.5. The van der Waals surface area contributed by atoms with E-state index in [1.807, 2.05) is 0 Å². The molecule has 4 nitrogen and oxygen atoms in total. The molecule has 0 aromatic heterocycles. The number of carbonyl (C=O) groups excluding carboxylic acids is 1. The molecule has 1 atom stereocenters. The van der Waals surface area contributed by atoms with E-state index in [-0.39, 0.29) is 12.0 Å². The second-order valence-corrected chi connectivity index (χ2v) is 5.06. The van der Waals surface area contributed by atoms with Gasteiger partial charge in [-0.1, -0.05) is 28.8 Å². The van der Waals surface area contributed by atoms with Crippen molar-refractivity contribution >= 4 is 35.1 Å². The maximum absolute atomic E-state index is 11.9. The summed E-state index contributed by atoms with van der Waals surface area (Å²) >= 11 is 11.6. The van der Waals surface area contributed by atoms with E-state index in [4.69, 9.17) is 28.3 Å². The first-order chi connectivity index (χ1) is 8.79. The highest BCUT2D eigenvalue weighted by Crippen LogP contribution is 2.19. The van der Waals surface area contributed by atoms with Crippen LogP contribution in [0.5, 0.6) is 0 Å². The first-order valence-corrected chi connectivity index (χ1v) is 6.19. The van der Waals surface area contributed by atoms with Crippen LogP contribution in [0.2, 0.25) is 10.0 Å². The topological polar surface area (TPSA) is 66.4 Å². The highest BCUT2D eigenvalue weighted by Gasteiger charge is 2.20. The van der Waals surface area contributed by atoms with Crippen LogP contribution in [0.4, 0.5) is 0 Å². The van der Waals surface area contributed by atoms with E-state index >= 15 is 0 Å². The summed E-state index contributed by atoms with van der Waals surface area (Å²) < 4.78 is 0. The van der Waals surface area contributed by atoms with Crippen LogP contribution >= 0.6 is 23.2 Å². The summed E-state index contributed by atoms with van der Waals surface area (Å²) in [6.07, 6.45) is 0.162. The maximum Gasteiger partial charge on any atom is 0.326 e. The standard InChI is InChI=1S/C13H13Cl2NO3/c1-7(2)3-11(13(18)19)16-12(17)8-4-9(14)6-10(15)5-8/h4-6,11H,1,3H2,2H3,(H,16,17)(H,18,19). The van der Waals surface area contributed by atoms with Gasteiger partial charge in [-0.05, 0) is 31.5 Å². The van der Waals surface area contributed by atoms with Gasteiger partial charge < -0.3 is 10.4 Å². The minimum atomic E-state index is -1.12. The molecule has 6 heteroatoms. The monoisotopic (exact) mass is 301 g/mol. The quantitative estimate of drug-likeness (QED) is 0.821. The highest BCUT2D eigenvalue weighted by molar-refractivity contribution is 6.35. The molecule has 102 valence electrons. The zero-order valence-corrected chi connectivity index (χ0v) is 11.8. The molecule has 0 bridgehead atoms. The van der Waals surface area contributed by atoms with Gasteiger partial charge in [0.05, 0.1) is 0 Å². The zero-order chi connectivity index (χ0) is 14.6. The Hall–Kier alpha value is -1.52. The minimum Gasteiger partial charge on any atom is -0.480 e. The van der Waals surface area contributed by atoms with Gasteiger partial charge >= 0.3 is 5.97 Å². The highest BCUT2D eigenvalue weighted by atomic mass is 35.5. The van der Waals surface area contributed by atoms with Gasteiger partial charge in [0.15, 0.2) is 0 Å². The maximum atomic E-state index is 11.9. The lowest BCUT2D eigenvalue weighted by atomic mass is 10.1. The molecule has 19 heavy (non-hydrogen) atoms. The molecule has 0 aliphatic carbocycles. The Morgan fingerprint density at radius 1 is 1.32 bits per heavy atom. The largest absolute Gasteiger partial charge is 0.480 e. The predicted octanol–water partition coefficient (Wildman–Crippen LogP) is 3.14. The number of hydrogen-bond acceptors (Lipinski definition) is 2. The lowest BCUT2D eigenvalue weighted by molar-refractivity contribution is -0.139. The molecule has 0 heterocycles. The van der Waals surface area contributed by atoms with Crippen LogP contribution in [-0.2, 0) is 4.79 Å². The molecule has 0 aliphatic heterocycles. The molecule has 0 saturated heterocycles. The average molecular weight is 302 g/mol. The van der Waals surface area contributed by atoms with E-state index in [2.05, 4.69) is 11.9 Å².